The first-order valence-corrected chi connectivity index (χ1v) is 11.2. The predicted molar refractivity (Wildman–Crippen MR) is 116 cm³/mol. The van der Waals surface area contributed by atoms with E-state index in [1.165, 1.54) is 23.1 Å². The third-order valence-corrected chi connectivity index (χ3v) is 6.83. The fraction of sp³-hybridized carbons (Fsp3) is 0.158. The number of hydrogen-bond acceptors (Lipinski definition) is 8. The van der Waals surface area contributed by atoms with Gasteiger partial charge in [0.25, 0.3) is 0 Å². The van der Waals surface area contributed by atoms with Gasteiger partial charge in [-0.25, -0.2) is 4.98 Å². The van der Waals surface area contributed by atoms with Gasteiger partial charge >= 0.3 is 0 Å². The first-order chi connectivity index (χ1) is 13.6. The van der Waals surface area contributed by atoms with Crippen molar-refractivity contribution in [2.75, 3.05) is 11.1 Å². The molecule has 0 aliphatic rings. The molecule has 0 fully saturated rings. The maximum atomic E-state index is 12.8. The largest absolute Gasteiger partial charge is 0.330 e. The summed E-state index contributed by atoms with van der Waals surface area (Å²) >= 11 is 4.40. The standard InChI is InChI=1S/C19H17N5OS3/c1-12-10-15(13(2)24(12)18-20-8-9-26-18)16(25)11-27-19-23-22-17(28-19)21-14-6-4-3-5-7-14/h3-10H,11H2,1-2H3,(H,21,22). The molecule has 3 aromatic heterocycles. The zero-order valence-electron chi connectivity index (χ0n) is 15.2. The van der Waals surface area contributed by atoms with Crippen molar-refractivity contribution in [3.05, 3.63) is 64.9 Å². The lowest BCUT2D eigenvalue weighted by atomic mass is 10.2. The summed E-state index contributed by atoms with van der Waals surface area (Å²) in [4.78, 5) is 17.1. The predicted octanol–water partition coefficient (Wildman–Crippen LogP) is 5.12. The number of aryl methyl sites for hydroxylation is 1. The lowest BCUT2D eigenvalue weighted by Gasteiger charge is -2.05. The van der Waals surface area contributed by atoms with E-state index in [1.807, 2.05) is 60.2 Å². The van der Waals surface area contributed by atoms with Crippen molar-refractivity contribution in [1.82, 2.24) is 19.7 Å². The molecule has 0 unspecified atom stereocenters. The van der Waals surface area contributed by atoms with Gasteiger partial charge in [0.2, 0.25) is 5.13 Å². The van der Waals surface area contributed by atoms with Gasteiger partial charge in [0.05, 0.1) is 5.75 Å². The number of nitrogens with one attached hydrogen (secondary N) is 1. The maximum Gasteiger partial charge on any atom is 0.210 e. The fourth-order valence-corrected chi connectivity index (χ4v) is 5.24. The number of ketones is 1. The Morgan fingerprint density at radius 1 is 1.21 bits per heavy atom. The van der Waals surface area contributed by atoms with E-state index in [1.54, 1.807) is 17.5 Å². The van der Waals surface area contributed by atoms with Crippen molar-refractivity contribution < 1.29 is 4.79 Å². The molecule has 0 radical (unpaired) electrons. The number of thiazole rings is 1. The van der Waals surface area contributed by atoms with Gasteiger partial charge in [-0.05, 0) is 32.0 Å². The van der Waals surface area contributed by atoms with Crippen LogP contribution < -0.4 is 5.32 Å². The van der Waals surface area contributed by atoms with E-state index >= 15 is 0 Å². The highest BCUT2D eigenvalue weighted by molar-refractivity contribution is 8.01. The molecule has 6 nitrogen and oxygen atoms in total. The Morgan fingerprint density at radius 3 is 2.79 bits per heavy atom. The summed E-state index contributed by atoms with van der Waals surface area (Å²) in [5.41, 5.74) is 3.61. The smallest absolute Gasteiger partial charge is 0.210 e. The molecule has 4 rings (SSSR count). The molecule has 0 atom stereocenters. The monoisotopic (exact) mass is 427 g/mol. The van der Waals surface area contributed by atoms with Crippen molar-refractivity contribution >= 4 is 51.0 Å². The first-order valence-electron chi connectivity index (χ1n) is 8.52. The molecule has 142 valence electrons. The van der Waals surface area contributed by atoms with Crippen LogP contribution in [-0.2, 0) is 0 Å². The first kappa shape index (κ1) is 18.9. The Morgan fingerprint density at radius 2 is 2.04 bits per heavy atom. The Balaban J connectivity index is 1.42. The minimum Gasteiger partial charge on any atom is -0.330 e. The van der Waals surface area contributed by atoms with E-state index in [0.717, 1.165) is 32.1 Å². The number of anilines is 2. The van der Waals surface area contributed by atoms with Crippen LogP contribution in [0.15, 0.2) is 52.3 Å². The van der Waals surface area contributed by atoms with Gasteiger partial charge in [-0.15, -0.1) is 21.5 Å². The molecule has 0 bridgehead atoms. The number of nitrogens with zero attached hydrogens (tertiary/aromatic N) is 4. The lowest BCUT2D eigenvalue weighted by molar-refractivity contribution is 0.102. The molecule has 4 aromatic rings. The van der Waals surface area contributed by atoms with Crippen molar-refractivity contribution in [1.29, 1.82) is 0 Å². The molecule has 0 saturated carbocycles. The minimum absolute atomic E-state index is 0.0775. The molecule has 0 aliphatic heterocycles. The topological polar surface area (TPSA) is 72.7 Å². The van der Waals surface area contributed by atoms with Gasteiger partial charge in [0.1, 0.15) is 0 Å². The van der Waals surface area contributed by atoms with Crippen molar-refractivity contribution in [3.8, 4) is 5.13 Å². The van der Waals surface area contributed by atoms with Gasteiger partial charge in [0, 0.05) is 34.2 Å². The van der Waals surface area contributed by atoms with Crippen LogP contribution in [0.25, 0.3) is 5.13 Å². The Kier molecular flexibility index (Phi) is 5.56. The second-order valence-electron chi connectivity index (χ2n) is 6.01. The summed E-state index contributed by atoms with van der Waals surface area (Å²) in [6.07, 6.45) is 1.77. The zero-order valence-corrected chi connectivity index (χ0v) is 17.7. The highest BCUT2D eigenvalue weighted by Gasteiger charge is 2.18. The average Bonchev–Trinajstić information content (AvgIpc) is 3.42. The maximum absolute atomic E-state index is 12.8. The highest BCUT2D eigenvalue weighted by atomic mass is 32.2. The number of thioether (sulfide) groups is 1. The molecule has 0 saturated heterocycles. The molecule has 0 amide bonds. The van der Waals surface area contributed by atoms with Gasteiger partial charge in [-0.3, -0.25) is 9.36 Å². The number of aromatic nitrogens is 4. The van der Waals surface area contributed by atoms with Crippen LogP contribution in [0.1, 0.15) is 21.7 Å². The van der Waals surface area contributed by atoms with Gasteiger partial charge in [0.15, 0.2) is 15.3 Å². The summed E-state index contributed by atoms with van der Waals surface area (Å²) in [6.45, 7) is 3.95. The van der Waals surface area contributed by atoms with E-state index < -0.39 is 0 Å². The molecule has 0 spiro atoms. The number of carbonyl (C=O) groups is 1. The Bertz CT molecular complexity index is 1090. The van der Waals surface area contributed by atoms with E-state index in [-0.39, 0.29) is 5.78 Å². The third kappa shape index (κ3) is 4.01. The number of carbonyl (C=O) groups excluding carboxylic acids is 1. The second-order valence-corrected chi connectivity index (χ2v) is 9.08. The van der Waals surface area contributed by atoms with E-state index in [0.29, 0.717) is 10.9 Å². The minimum atomic E-state index is 0.0775. The zero-order chi connectivity index (χ0) is 19.5. The van der Waals surface area contributed by atoms with Gasteiger partial charge in [-0.2, -0.15) is 0 Å². The molecule has 0 aliphatic carbocycles. The summed E-state index contributed by atoms with van der Waals surface area (Å²) in [5, 5.41) is 15.1. The highest BCUT2D eigenvalue weighted by Crippen LogP contribution is 2.29. The fourth-order valence-electron chi connectivity index (χ4n) is 2.83. The van der Waals surface area contributed by atoms with E-state index in [9.17, 15) is 4.79 Å². The van der Waals surface area contributed by atoms with Crippen LogP contribution in [0.2, 0.25) is 0 Å². The van der Waals surface area contributed by atoms with Crippen LogP contribution in [0.5, 0.6) is 0 Å². The van der Waals surface area contributed by atoms with Crippen LogP contribution in [-0.4, -0.2) is 31.3 Å². The summed E-state index contributed by atoms with van der Waals surface area (Å²) in [7, 11) is 0. The van der Waals surface area contributed by atoms with Gasteiger partial charge < -0.3 is 5.32 Å². The SMILES string of the molecule is Cc1cc(C(=O)CSc2nnc(Nc3ccccc3)s2)c(C)n1-c1nccs1. The van der Waals surface area contributed by atoms with E-state index in [4.69, 9.17) is 0 Å². The number of para-hydroxylation sites is 1. The van der Waals surface area contributed by atoms with Crippen LogP contribution in [0.3, 0.4) is 0 Å². The molecule has 3 heterocycles. The van der Waals surface area contributed by atoms with E-state index in [2.05, 4.69) is 20.5 Å². The molecular weight excluding hydrogens is 410 g/mol. The van der Waals surface area contributed by atoms with Crippen LogP contribution in [0.4, 0.5) is 10.8 Å². The molecule has 9 heteroatoms. The quantitative estimate of drug-likeness (QED) is 0.326. The molecule has 1 N–H and O–H groups in total. The number of benzene rings is 1. The molecule has 28 heavy (non-hydrogen) atoms. The van der Waals surface area contributed by atoms with Crippen molar-refractivity contribution in [2.24, 2.45) is 0 Å². The average molecular weight is 428 g/mol. The second kappa shape index (κ2) is 8.26. The normalized spacial score (nSPS) is 10.9. The molecular formula is C19H17N5OS3. The Hall–Kier alpha value is -2.49. The summed E-state index contributed by atoms with van der Waals surface area (Å²) in [6, 6.07) is 11.7. The summed E-state index contributed by atoms with van der Waals surface area (Å²) in [5.74, 6) is 0.399. The Labute approximate surface area is 174 Å². The lowest BCUT2D eigenvalue weighted by Crippen LogP contribution is -2.05. The summed E-state index contributed by atoms with van der Waals surface area (Å²) < 4.78 is 2.79. The van der Waals surface area contributed by atoms with Crippen LogP contribution >= 0.6 is 34.4 Å². The number of Topliss-reactive ketones (excluding diaryl/α,β-unsaturated/α-hetero) is 1. The number of hydrogen-bond donors (Lipinski definition) is 1. The van der Waals surface area contributed by atoms with Crippen molar-refractivity contribution in [2.45, 2.75) is 18.2 Å². The molecule has 1 aromatic carbocycles. The van der Waals surface area contributed by atoms with Gasteiger partial charge in [-0.1, -0.05) is 41.3 Å². The van der Waals surface area contributed by atoms with Crippen molar-refractivity contribution in [3.63, 3.8) is 0 Å². The number of rotatable bonds is 7. The van der Waals surface area contributed by atoms with Crippen LogP contribution in [0, 0.1) is 13.8 Å². The third-order valence-electron chi connectivity index (χ3n) is 4.10.